The Morgan fingerprint density at radius 2 is 1.04 bits per heavy atom. The monoisotopic (exact) mass is 356 g/mol. The summed E-state index contributed by atoms with van der Waals surface area (Å²) in [5.41, 5.74) is 0. The van der Waals surface area contributed by atoms with Crippen LogP contribution in [-0.4, -0.2) is 30.1 Å². The Morgan fingerprint density at radius 3 is 1.50 bits per heavy atom. The van der Waals surface area contributed by atoms with Crippen molar-refractivity contribution in [1.29, 1.82) is 0 Å². The number of hydrogen-bond acceptors (Lipinski definition) is 1. The molecule has 0 aliphatic rings. The molecule has 0 heterocycles. The van der Waals surface area contributed by atoms with E-state index in [1.54, 1.807) is 0 Å². The summed E-state index contributed by atoms with van der Waals surface area (Å²) in [5.74, 6) is 2.77. The fraction of sp³-hybridized carbons (Fsp3) is 0.909. The van der Waals surface area contributed by atoms with Gasteiger partial charge < -0.3 is 0 Å². The molecule has 2 heteroatoms. The molecule has 0 radical (unpaired) electrons. The quantitative estimate of drug-likeness (QED) is 0.194. The topological polar surface area (TPSA) is 17.1 Å². The van der Waals surface area contributed by atoms with E-state index in [0.717, 1.165) is 12.8 Å². The average Bonchev–Trinajstić information content (AvgIpc) is 2.59. The van der Waals surface area contributed by atoms with Gasteiger partial charge in [-0.15, -0.1) is 6.89 Å². The lowest BCUT2D eigenvalue weighted by molar-refractivity contribution is -0.112. The van der Waals surface area contributed by atoms with Crippen molar-refractivity contribution in [3.8, 4) is 0 Å². The third-order valence-corrected chi connectivity index (χ3v) is 9.52. The molecule has 0 aliphatic heterocycles. The van der Waals surface area contributed by atoms with Gasteiger partial charge in [0.05, 0.1) is 0 Å². The van der Waals surface area contributed by atoms with Crippen molar-refractivity contribution in [2.24, 2.45) is 0 Å². The van der Waals surface area contributed by atoms with E-state index in [1.807, 2.05) is 0 Å². The van der Waals surface area contributed by atoms with Gasteiger partial charge in [-0.2, -0.15) is 0 Å². The molecule has 0 rings (SSSR count). The first-order valence-electron chi connectivity index (χ1n) is 10.9. The number of ketones is 1. The van der Waals surface area contributed by atoms with Crippen molar-refractivity contribution in [3.63, 3.8) is 0 Å². The lowest BCUT2D eigenvalue weighted by atomic mass is 10.1. The minimum Gasteiger partial charge on any atom is -0.295 e. The molecule has 0 spiro atoms. The largest absolute Gasteiger partial charge is 0.295 e. The Balaban J connectivity index is 4.67. The molecule has 24 heavy (non-hydrogen) atoms. The van der Waals surface area contributed by atoms with Gasteiger partial charge in [0.25, 0.3) is 0 Å². The highest BCUT2D eigenvalue weighted by Crippen LogP contribution is 2.49. The van der Waals surface area contributed by atoms with Crippen LogP contribution in [0.3, 0.4) is 0 Å². The number of rotatable bonds is 17. The molecule has 0 unspecified atom stereocenters. The fourth-order valence-corrected chi connectivity index (χ4v) is 8.03. The smallest absolute Gasteiger partial charge is 0.155 e. The summed E-state index contributed by atoms with van der Waals surface area (Å²) in [7, 11) is 0. The molecule has 0 aromatic carbocycles. The minimum atomic E-state index is -1.14. The molecule has 0 saturated carbocycles. The Hall–Kier alpha value is -0.0300. The van der Waals surface area contributed by atoms with Gasteiger partial charge in [0, 0.05) is 6.42 Å². The van der Waals surface area contributed by atoms with Gasteiger partial charge in [-0.05, 0) is 50.0 Å². The van der Waals surface area contributed by atoms with Crippen LogP contribution in [0.5, 0.6) is 0 Å². The van der Waals surface area contributed by atoms with Gasteiger partial charge in [-0.3, -0.25) is 4.79 Å². The van der Waals surface area contributed by atoms with Gasteiger partial charge in [-0.25, -0.2) is 0 Å². The van der Waals surface area contributed by atoms with Crippen molar-refractivity contribution >= 4 is 18.5 Å². The molecule has 0 fully saturated rings. The molecule has 0 saturated heterocycles. The standard InChI is InChI=1S/C22H45OP/c1-5-9-13-14-15-16-17-22(23)21-24(18-10-6-2,19-11-7-3)20-12-8-4/h21H,5-20H2,1-4H3. The predicted molar refractivity (Wildman–Crippen MR) is 115 cm³/mol. The lowest BCUT2D eigenvalue weighted by Crippen LogP contribution is -2.10. The fourth-order valence-electron chi connectivity index (χ4n) is 3.40. The third-order valence-electron chi connectivity index (χ3n) is 5.07. The number of carbonyl (C=O) groups excluding carboxylic acids is 1. The molecular formula is C22H45OP. The first-order chi connectivity index (χ1) is 11.6. The van der Waals surface area contributed by atoms with Gasteiger partial charge >= 0.3 is 0 Å². The minimum absolute atomic E-state index is 0.474. The van der Waals surface area contributed by atoms with Crippen LogP contribution in [0.4, 0.5) is 0 Å². The Labute approximate surface area is 153 Å². The summed E-state index contributed by atoms with van der Waals surface area (Å²) >= 11 is 0. The van der Waals surface area contributed by atoms with Gasteiger partial charge in [0.15, 0.2) is 5.78 Å². The van der Waals surface area contributed by atoms with E-state index in [1.165, 1.54) is 89.1 Å². The van der Waals surface area contributed by atoms with Crippen LogP contribution in [0.15, 0.2) is 0 Å². The first-order valence-corrected chi connectivity index (χ1v) is 13.3. The normalized spacial score (nSPS) is 11.7. The van der Waals surface area contributed by atoms with Crippen LogP contribution in [0.25, 0.3) is 0 Å². The van der Waals surface area contributed by atoms with Crippen molar-refractivity contribution in [2.75, 3.05) is 18.5 Å². The van der Waals surface area contributed by atoms with E-state index in [2.05, 4.69) is 33.5 Å². The first kappa shape index (κ1) is 24.0. The molecule has 0 aromatic heterocycles. The predicted octanol–water partition coefficient (Wildman–Crippen LogP) is 7.53. The summed E-state index contributed by atoms with van der Waals surface area (Å²) in [6.45, 7) is 7.96. The SMILES string of the molecule is CCCCCCCCC(=O)C=P(CCCC)(CCCC)CCCC. The number of Topliss-reactive ketones (excluding diaryl/α,β-unsaturated/α-hetero) is 1. The zero-order valence-corrected chi connectivity index (χ0v) is 18.1. The lowest BCUT2D eigenvalue weighted by Gasteiger charge is -2.26. The van der Waals surface area contributed by atoms with E-state index in [-0.39, 0.29) is 0 Å². The van der Waals surface area contributed by atoms with E-state index in [9.17, 15) is 4.79 Å². The highest BCUT2D eigenvalue weighted by atomic mass is 31.2. The highest BCUT2D eigenvalue weighted by molar-refractivity contribution is 7.76. The number of unbranched alkanes of at least 4 members (excludes halogenated alkanes) is 8. The van der Waals surface area contributed by atoms with Crippen molar-refractivity contribution < 1.29 is 4.79 Å². The molecule has 1 nitrogen and oxygen atoms in total. The zero-order chi connectivity index (χ0) is 18.1. The van der Waals surface area contributed by atoms with Crippen molar-refractivity contribution in [1.82, 2.24) is 0 Å². The summed E-state index contributed by atoms with van der Waals surface area (Å²) in [4.78, 5) is 12.6. The molecule has 0 bridgehead atoms. The molecule has 0 amide bonds. The maximum absolute atomic E-state index is 12.6. The Morgan fingerprint density at radius 1 is 0.625 bits per heavy atom. The summed E-state index contributed by atoms with van der Waals surface area (Å²) in [6.07, 6.45) is 20.1. The van der Waals surface area contributed by atoms with Crippen LogP contribution < -0.4 is 0 Å². The van der Waals surface area contributed by atoms with Crippen LogP contribution in [0.1, 0.15) is 111 Å². The van der Waals surface area contributed by atoms with Crippen LogP contribution in [0.2, 0.25) is 0 Å². The molecule has 0 aliphatic carbocycles. The second-order valence-electron chi connectivity index (χ2n) is 7.56. The molecule has 0 N–H and O–H groups in total. The van der Waals surface area contributed by atoms with E-state index < -0.39 is 6.89 Å². The summed E-state index contributed by atoms with van der Waals surface area (Å²) in [5, 5.41) is 0. The van der Waals surface area contributed by atoms with Crippen molar-refractivity contribution in [2.45, 2.75) is 111 Å². The highest BCUT2D eigenvalue weighted by Gasteiger charge is 2.18. The summed E-state index contributed by atoms with van der Waals surface area (Å²) < 4.78 is 0. The van der Waals surface area contributed by atoms with Crippen LogP contribution in [0, 0.1) is 0 Å². The number of hydrogen-bond donors (Lipinski definition) is 0. The van der Waals surface area contributed by atoms with Gasteiger partial charge in [0.2, 0.25) is 0 Å². The Bertz CT molecular complexity index is 317. The molecular weight excluding hydrogens is 311 g/mol. The second-order valence-corrected chi connectivity index (χ2v) is 11.6. The van der Waals surface area contributed by atoms with E-state index >= 15 is 0 Å². The third kappa shape index (κ3) is 12.3. The maximum Gasteiger partial charge on any atom is 0.155 e. The maximum atomic E-state index is 12.6. The van der Waals surface area contributed by atoms with E-state index in [0.29, 0.717) is 5.78 Å². The van der Waals surface area contributed by atoms with Crippen LogP contribution >= 0.6 is 6.89 Å². The van der Waals surface area contributed by atoms with Crippen LogP contribution in [-0.2, 0) is 4.79 Å². The van der Waals surface area contributed by atoms with Crippen molar-refractivity contribution in [3.05, 3.63) is 0 Å². The van der Waals surface area contributed by atoms with Gasteiger partial charge in [-0.1, -0.05) is 79.1 Å². The molecule has 0 atom stereocenters. The van der Waals surface area contributed by atoms with E-state index in [4.69, 9.17) is 0 Å². The van der Waals surface area contributed by atoms with Gasteiger partial charge in [0.1, 0.15) is 0 Å². The molecule has 144 valence electrons. The number of carbonyl (C=O) groups is 1. The summed E-state index contributed by atoms with van der Waals surface area (Å²) in [6, 6.07) is 0. The average molecular weight is 357 g/mol. The Kier molecular flexibility index (Phi) is 16.4. The molecule has 0 aromatic rings. The second kappa shape index (κ2) is 16.4. The zero-order valence-electron chi connectivity index (χ0n) is 17.2.